The summed E-state index contributed by atoms with van der Waals surface area (Å²) in [7, 11) is 0. The van der Waals surface area contributed by atoms with Gasteiger partial charge in [0.15, 0.2) is 5.13 Å². The topological polar surface area (TPSA) is 0 Å². The molecule has 4 heteroatoms. The molecule has 0 aliphatic rings. The van der Waals surface area contributed by atoms with Gasteiger partial charge in [-0.05, 0) is 47.0 Å². The first kappa shape index (κ1) is 9.73. The maximum absolute atomic E-state index is 12.9. The van der Waals surface area contributed by atoms with E-state index in [9.17, 15) is 4.39 Å². The molecule has 1 aromatic carbocycles. The number of fused-ring (bicyclic) bond motifs is 1. The Bertz CT molecular complexity index is 450. The molecule has 0 fully saturated rings. The highest BCUT2D eigenvalue weighted by Crippen LogP contribution is 2.33. The van der Waals surface area contributed by atoms with Crippen LogP contribution < -0.4 is 0 Å². The Balaban J connectivity index is 2.78. The van der Waals surface area contributed by atoms with Crippen LogP contribution >= 0.6 is 45.7 Å². The van der Waals surface area contributed by atoms with Gasteiger partial charge in [-0.2, -0.15) is 4.39 Å². The van der Waals surface area contributed by atoms with Crippen LogP contribution in [-0.4, -0.2) is 6.26 Å². The monoisotopic (exact) mass is 324 g/mol. The molecule has 0 aliphatic heterocycles. The summed E-state index contributed by atoms with van der Waals surface area (Å²) in [6, 6.07) is 5.64. The van der Waals surface area contributed by atoms with Gasteiger partial charge in [0.05, 0.1) is 0 Å². The van der Waals surface area contributed by atoms with Crippen molar-refractivity contribution in [3.05, 3.63) is 26.9 Å². The summed E-state index contributed by atoms with van der Waals surface area (Å²) in [6.07, 6.45) is 2.03. The van der Waals surface area contributed by atoms with E-state index in [1.165, 1.54) is 16.2 Å². The van der Waals surface area contributed by atoms with Crippen molar-refractivity contribution in [2.45, 2.75) is 4.90 Å². The molecule has 1 aromatic heterocycles. The van der Waals surface area contributed by atoms with Gasteiger partial charge in [0, 0.05) is 18.6 Å². The van der Waals surface area contributed by atoms with Crippen molar-refractivity contribution in [1.29, 1.82) is 0 Å². The Morgan fingerprint density at radius 2 is 2.23 bits per heavy atom. The van der Waals surface area contributed by atoms with Crippen molar-refractivity contribution in [2.75, 3.05) is 6.26 Å². The molecule has 13 heavy (non-hydrogen) atoms. The van der Waals surface area contributed by atoms with E-state index in [1.54, 1.807) is 17.8 Å². The van der Waals surface area contributed by atoms with Crippen molar-refractivity contribution >= 4 is 55.8 Å². The predicted octanol–water partition coefficient (Wildman–Crippen LogP) is 4.37. The van der Waals surface area contributed by atoms with Crippen molar-refractivity contribution in [2.24, 2.45) is 0 Å². The van der Waals surface area contributed by atoms with Crippen molar-refractivity contribution < 1.29 is 4.39 Å². The van der Waals surface area contributed by atoms with E-state index in [-0.39, 0.29) is 5.13 Å². The highest BCUT2D eigenvalue weighted by Gasteiger charge is 2.07. The van der Waals surface area contributed by atoms with Gasteiger partial charge in [0.2, 0.25) is 0 Å². The van der Waals surface area contributed by atoms with Gasteiger partial charge >= 0.3 is 0 Å². The summed E-state index contributed by atoms with van der Waals surface area (Å²) in [5, 5.41) is 0.932. The molecule has 0 spiro atoms. The number of benzene rings is 1. The number of thioether (sulfide) groups is 1. The van der Waals surface area contributed by atoms with Gasteiger partial charge < -0.3 is 0 Å². The average Bonchev–Trinajstić information content (AvgIpc) is 2.47. The van der Waals surface area contributed by atoms with E-state index < -0.39 is 0 Å². The molecule has 2 aromatic rings. The van der Waals surface area contributed by atoms with Crippen LogP contribution in [0.3, 0.4) is 0 Å². The Labute approximate surface area is 97.7 Å². The van der Waals surface area contributed by atoms with Gasteiger partial charge in [-0.3, -0.25) is 0 Å². The molecule has 0 N–H and O–H groups in total. The van der Waals surface area contributed by atoms with Gasteiger partial charge in [-0.1, -0.05) is 0 Å². The summed E-state index contributed by atoms with van der Waals surface area (Å²) in [5.74, 6) is 0. The molecular weight excluding hydrogens is 318 g/mol. The first-order chi connectivity index (χ1) is 6.22. The third-order valence-electron chi connectivity index (χ3n) is 1.79. The Hall–Kier alpha value is 0.190. The van der Waals surface area contributed by atoms with Crippen LogP contribution in [0.15, 0.2) is 23.1 Å². The first-order valence-electron chi connectivity index (χ1n) is 3.64. The molecule has 0 saturated heterocycles. The fraction of sp³-hybridized carbons (Fsp3) is 0.111. The second-order valence-electron chi connectivity index (χ2n) is 2.54. The summed E-state index contributed by atoms with van der Waals surface area (Å²) in [4.78, 5) is 1.21. The molecule has 0 bridgehead atoms. The van der Waals surface area contributed by atoms with E-state index in [4.69, 9.17) is 0 Å². The minimum atomic E-state index is -0.105. The Kier molecular flexibility index (Phi) is 2.80. The third kappa shape index (κ3) is 1.71. The zero-order valence-corrected chi connectivity index (χ0v) is 10.6. The first-order valence-corrected chi connectivity index (χ1v) is 6.76. The molecule has 0 aliphatic carbocycles. The van der Waals surface area contributed by atoms with Gasteiger partial charge in [0.1, 0.15) is 0 Å². The van der Waals surface area contributed by atoms with Crippen molar-refractivity contribution in [1.82, 2.24) is 0 Å². The molecule has 0 atom stereocenters. The number of hydrogen-bond donors (Lipinski definition) is 0. The van der Waals surface area contributed by atoms with E-state index in [0.717, 1.165) is 13.7 Å². The van der Waals surface area contributed by atoms with E-state index in [0.29, 0.717) is 0 Å². The second-order valence-corrected chi connectivity index (χ2v) is 5.50. The number of rotatable bonds is 1. The molecule has 0 unspecified atom stereocenters. The molecule has 0 saturated carbocycles. The maximum atomic E-state index is 12.9. The lowest BCUT2D eigenvalue weighted by molar-refractivity contribution is 0.658. The van der Waals surface area contributed by atoms with Crippen LogP contribution in [0.25, 0.3) is 10.1 Å². The van der Waals surface area contributed by atoms with Crippen LogP contribution in [0.5, 0.6) is 0 Å². The van der Waals surface area contributed by atoms with Crippen LogP contribution in [0, 0.1) is 8.70 Å². The highest BCUT2D eigenvalue weighted by molar-refractivity contribution is 14.1. The smallest absolute Gasteiger partial charge is 0.177 e. The summed E-state index contributed by atoms with van der Waals surface area (Å²) >= 11 is 5.17. The maximum Gasteiger partial charge on any atom is 0.177 e. The quantitative estimate of drug-likeness (QED) is 0.555. The highest BCUT2D eigenvalue weighted by atomic mass is 127. The normalized spacial score (nSPS) is 11.0. The number of thiophene rings is 1. The van der Waals surface area contributed by atoms with Crippen molar-refractivity contribution in [3.8, 4) is 0 Å². The van der Waals surface area contributed by atoms with Crippen LogP contribution in [-0.2, 0) is 0 Å². The molecule has 1 heterocycles. The Morgan fingerprint density at radius 1 is 1.46 bits per heavy atom. The van der Waals surface area contributed by atoms with Crippen molar-refractivity contribution in [3.63, 3.8) is 0 Å². The second kappa shape index (κ2) is 3.74. The predicted molar refractivity (Wildman–Crippen MR) is 66.3 cm³/mol. The molecule has 0 amide bonds. The van der Waals surface area contributed by atoms with Gasteiger partial charge in [-0.15, -0.1) is 23.1 Å². The standard InChI is InChI=1S/C9H6FIS2/c1-12-7-3-2-6-5(9(7)11)4-8(10)13-6/h2-4H,1H3. The van der Waals surface area contributed by atoms with E-state index in [2.05, 4.69) is 22.6 Å². The molecule has 0 nitrogen and oxygen atoms in total. The SMILES string of the molecule is CSc1ccc2sc(F)cc2c1I. The number of halogens is 2. The summed E-state index contributed by atoms with van der Waals surface area (Å²) < 4.78 is 15.1. The zero-order valence-electron chi connectivity index (χ0n) is 6.80. The van der Waals surface area contributed by atoms with Gasteiger partial charge in [0.25, 0.3) is 0 Å². The molecular formula is C9H6FIS2. The fourth-order valence-electron chi connectivity index (χ4n) is 1.18. The minimum Gasteiger partial charge on any atom is -0.195 e. The summed E-state index contributed by atoms with van der Waals surface area (Å²) in [5.41, 5.74) is 0. The molecule has 68 valence electrons. The van der Waals surface area contributed by atoms with Gasteiger partial charge in [-0.25, -0.2) is 0 Å². The molecule has 2 rings (SSSR count). The third-order valence-corrected chi connectivity index (χ3v) is 4.99. The number of hydrogen-bond acceptors (Lipinski definition) is 2. The average molecular weight is 324 g/mol. The lowest BCUT2D eigenvalue weighted by atomic mass is 10.3. The summed E-state index contributed by atoms with van der Waals surface area (Å²) in [6.45, 7) is 0. The fourth-order valence-corrected chi connectivity index (χ4v) is 3.94. The van der Waals surface area contributed by atoms with Crippen LogP contribution in [0.4, 0.5) is 4.39 Å². The van der Waals surface area contributed by atoms with Crippen LogP contribution in [0.1, 0.15) is 0 Å². The van der Waals surface area contributed by atoms with E-state index in [1.807, 2.05) is 18.4 Å². The minimum absolute atomic E-state index is 0.105. The van der Waals surface area contributed by atoms with E-state index >= 15 is 0 Å². The largest absolute Gasteiger partial charge is 0.195 e. The Morgan fingerprint density at radius 3 is 2.92 bits per heavy atom. The lowest BCUT2D eigenvalue weighted by Gasteiger charge is -2.00. The zero-order chi connectivity index (χ0) is 9.42. The lowest BCUT2D eigenvalue weighted by Crippen LogP contribution is -1.77. The molecule has 0 radical (unpaired) electrons. The van der Waals surface area contributed by atoms with Crippen LogP contribution in [0.2, 0.25) is 0 Å².